The van der Waals surface area contributed by atoms with Crippen molar-refractivity contribution in [2.45, 2.75) is 84.2 Å². The fourth-order valence-electron chi connectivity index (χ4n) is 4.97. The fourth-order valence-corrected chi connectivity index (χ4v) is 4.97. The Bertz CT molecular complexity index is 664. The number of anilines is 1. The zero-order valence-electron chi connectivity index (χ0n) is 16.7. The van der Waals surface area contributed by atoms with Gasteiger partial charge in [0.25, 0.3) is 0 Å². The first-order valence-electron chi connectivity index (χ1n) is 10.8. The quantitative estimate of drug-likeness (QED) is 0.670. The molecule has 0 spiro atoms. The molecule has 2 N–H and O–H groups in total. The lowest BCUT2D eigenvalue weighted by Gasteiger charge is -2.22. The van der Waals surface area contributed by atoms with E-state index in [2.05, 4.69) is 41.7 Å². The summed E-state index contributed by atoms with van der Waals surface area (Å²) in [5, 5.41) is 0. The Labute approximate surface area is 159 Å². The van der Waals surface area contributed by atoms with Crippen molar-refractivity contribution in [3.8, 4) is 0 Å². The van der Waals surface area contributed by atoms with Gasteiger partial charge in [-0.05, 0) is 101 Å². The minimum absolute atomic E-state index is 0.629. The fraction of sp³-hybridized carbons (Fsp3) is 0.652. The second-order valence-corrected chi connectivity index (χ2v) is 8.67. The number of hydrogen-bond acceptors (Lipinski definition) is 3. The third kappa shape index (κ3) is 3.99. The average molecular weight is 354 g/mol. The van der Waals surface area contributed by atoms with E-state index in [0.717, 1.165) is 6.54 Å². The molecule has 0 amide bonds. The maximum Gasteiger partial charge on any atom is 0.0566 e. The molecule has 0 bridgehead atoms. The minimum atomic E-state index is 0.629. The molecule has 3 heteroatoms. The summed E-state index contributed by atoms with van der Waals surface area (Å²) < 4.78 is 0. The monoisotopic (exact) mass is 353 g/mol. The molecule has 142 valence electrons. The normalized spacial score (nSPS) is 21.9. The van der Waals surface area contributed by atoms with Crippen LogP contribution in [0, 0.1) is 6.92 Å². The number of hydrogen-bond donors (Lipinski definition) is 2. The van der Waals surface area contributed by atoms with E-state index in [1.54, 1.807) is 11.1 Å². The predicted octanol–water partition coefficient (Wildman–Crippen LogP) is 5.41. The van der Waals surface area contributed by atoms with E-state index >= 15 is 0 Å². The number of nitrogens with one attached hydrogen (secondary N) is 2. The SMILES string of the molecule is CC1=C(c2cc(C)c(CN3CCCC3)cc2NNC2CCCC2)CCC1. The molecule has 3 nitrogen and oxygen atoms in total. The molecular weight excluding hydrogens is 318 g/mol. The molecule has 1 heterocycles. The van der Waals surface area contributed by atoms with E-state index in [4.69, 9.17) is 0 Å². The lowest BCUT2D eigenvalue weighted by Crippen LogP contribution is -2.32. The van der Waals surface area contributed by atoms with Gasteiger partial charge in [-0.1, -0.05) is 18.4 Å². The Morgan fingerprint density at radius 1 is 0.962 bits per heavy atom. The van der Waals surface area contributed by atoms with Gasteiger partial charge in [0.15, 0.2) is 0 Å². The van der Waals surface area contributed by atoms with Gasteiger partial charge < -0.3 is 5.43 Å². The Morgan fingerprint density at radius 3 is 2.42 bits per heavy atom. The zero-order chi connectivity index (χ0) is 17.9. The van der Waals surface area contributed by atoms with E-state index in [1.165, 1.54) is 93.3 Å². The van der Waals surface area contributed by atoms with Crippen LogP contribution in [0.1, 0.15) is 81.4 Å². The first kappa shape index (κ1) is 18.1. The first-order chi connectivity index (χ1) is 12.7. The lowest BCUT2D eigenvalue weighted by molar-refractivity contribution is 0.331. The summed E-state index contributed by atoms with van der Waals surface area (Å²) in [5.41, 5.74) is 16.1. The third-order valence-electron chi connectivity index (χ3n) is 6.65. The lowest BCUT2D eigenvalue weighted by atomic mass is 9.95. The molecule has 26 heavy (non-hydrogen) atoms. The number of rotatable bonds is 6. The molecule has 1 aliphatic heterocycles. The Balaban J connectivity index is 1.60. The molecule has 2 fully saturated rings. The van der Waals surface area contributed by atoms with Gasteiger partial charge in [0.05, 0.1) is 5.69 Å². The van der Waals surface area contributed by atoms with Gasteiger partial charge in [0.2, 0.25) is 0 Å². The van der Waals surface area contributed by atoms with Crippen LogP contribution in [0.4, 0.5) is 5.69 Å². The van der Waals surface area contributed by atoms with Gasteiger partial charge in [-0.25, -0.2) is 5.43 Å². The highest BCUT2D eigenvalue weighted by molar-refractivity contribution is 5.80. The molecule has 1 saturated carbocycles. The molecule has 3 aliphatic rings. The van der Waals surface area contributed by atoms with Crippen LogP contribution in [-0.4, -0.2) is 24.0 Å². The number of hydrazine groups is 1. The van der Waals surface area contributed by atoms with Crippen LogP contribution in [0.5, 0.6) is 0 Å². The van der Waals surface area contributed by atoms with Crippen LogP contribution < -0.4 is 10.9 Å². The Morgan fingerprint density at radius 2 is 1.73 bits per heavy atom. The number of aryl methyl sites for hydroxylation is 1. The van der Waals surface area contributed by atoms with Crippen LogP contribution in [0.3, 0.4) is 0 Å². The highest BCUT2D eigenvalue weighted by Gasteiger charge is 2.20. The molecule has 1 aromatic rings. The topological polar surface area (TPSA) is 27.3 Å². The average Bonchev–Trinajstić information content (AvgIpc) is 3.38. The van der Waals surface area contributed by atoms with Crippen molar-refractivity contribution >= 4 is 11.3 Å². The maximum atomic E-state index is 3.64. The summed E-state index contributed by atoms with van der Waals surface area (Å²) >= 11 is 0. The van der Waals surface area contributed by atoms with E-state index in [-0.39, 0.29) is 0 Å². The van der Waals surface area contributed by atoms with Crippen molar-refractivity contribution in [3.63, 3.8) is 0 Å². The van der Waals surface area contributed by atoms with Crippen LogP contribution >= 0.6 is 0 Å². The summed E-state index contributed by atoms with van der Waals surface area (Å²) in [6.07, 6.45) is 11.9. The molecule has 4 rings (SSSR count). The molecule has 0 unspecified atom stereocenters. The van der Waals surface area contributed by atoms with Crippen LogP contribution in [-0.2, 0) is 6.54 Å². The Hall–Kier alpha value is -1.32. The van der Waals surface area contributed by atoms with Gasteiger partial charge in [0, 0.05) is 18.2 Å². The van der Waals surface area contributed by atoms with Gasteiger partial charge in [-0.3, -0.25) is 4.90 Å². The first-order valence-corrected chi connectivity index (χ1v) is 10.8. The Kier molecular flexibility index (Phi) is 5.66. The van der Waals surface area contributed by atoms with Crippen LogP contribution in [0.25, 0.3) is 5.57 Å². The summed E-state index contributed by atoms with van der Waals surface area (Å²) in [6.45, 7) is 8.24. The molecule has 2 aliphatic carbocycles. The molecule has 0 radical (unpaired) electrons. The largest absolute Gasteiger partial charge is 0.321 e. The van der Waals surface area contributed by atoms with Gasteiger partial charge >= 0.3 is 0 Å². The van der Waals surface area contributed by atoms with Gasteiger partial charge in [0.1, 0.15) is 0 Å². The second kappa shape index (κ2) is 8.14. The van der Waals surface area contributed by atoms with Crippen molar-refractivity contribution in [1.82, 2.24) is 10.3 Å². The van der Waals surface area contributed by atoms with Crippen molar-refractivity contribution in [3.05, 3.63) is 34.4 Å². The molecular formula is C23H35N3. The third-order valence-corrected chi connectivity index (χ3v) is 6.65. The summed E-state index contributed by atoms with van der Waals surface area (Å²) in [4.78, 5) is 2.61. The molecule has 1 aromatic carbocycles. The highest BCUT2D eigenvalue weighted by Crippen LogP contribution is 2.38. The van der Waals surface area contributed by atoms with Crippen molar-refractivity contribution in [2.24, 2.45) is 0 Å². The van der Waals surface area contributed by atoms with Gasteiger partial charge in [-0.2, -0.15) is 0 Å². The smallest absolute Gasteiger partial charge is 0.0566 e. The predicted molar refractivity (Wildman–Crippen MR) is 111 cm³/mol. The van der Waals surface area contributed by atoms with Crippen LogP contribution in [0.2, 0.25) is 0 Å². The number of benzene rings is 1. The molecule has 0 atom stereocenters. The second-order valence-electron chi connectivity index (χ2n) is 8.67. The number of allylic oxidation sites excluding steroid dienone is 2. The zero-order valence-corrected chi connectivity index (χ0v) is 16.7. The van der Waals surface area contributed by atoms with E-state index in [9.17, 15) is 0 Å². The number of nitrogens with zero attached hydrogens (tertiary/aromatic N) is 1. The molecule has 0 aromatic heterocycles. The van der Waals surface area contributed by atoms with Crippen molar-refractivity contribution in [2.75, 3.05) is 18.5 Å². The highest BCUT2D eigenvalue weighted by atomic mass is 15.4. The molecule has 1 saturated heterocycles. The van der Waals surface area contributed by atoms with Crippen molar-refractivity contribution < 1.29 is 0 Å². The van der Waals surface area contributed by atoms with E-state index in [0.29, 0.717) is 6.04 Å². The summed E-state index contributed by atoms with van der Waals surface area (Å²) in [7, 11) is 0. The summed E-state index contributed by atoms with van der Waals surface area (Å²) in [6, 6.07) is 5.52. The minimum Gasteiger partial charge on any atom is -0.321 e. The van der Waals surface area contributed by atoms with Crippen molar-refractivity contribution in [1.29, 1.82) is 0 Å². The van der Waals surface area contributed by atoms with Gasteiger partial charge in [-0.15, -0.1) is 0 Å². The standard InChI is InChI=1S/C23H35N3/c1-17-8-7-11-21(17)22-14-18(2)19(16-26-12-5-6-13-26)15-23(22)25-24-20-9-3-4-10-20/h14-15,20,24-25H,3-13,16H2,1-2H3. The number of likely N-dealkylation sites (tertiary alicyclic amines) is 1. The van der Waals surface area contributed by atoms with E-state index < -0.39 is 0 Å². The van der Waals surface area contributed by atoms with Crippen LogP contribution in [0.15, 0.2) is 17.7 Å². The van der Waals surface area contributed by atoms with E-state index in [1.807, 2.05) is 0 Å². The summed E-state index contributed by atoms with van der Waals surface area (Å²) in [5.74, 6) is 0. The maximum absolute atomic E-state index is 3.64.